The van der Waals surface area contributed by atoms with Crippen molar-refractivity contribution in [2.75, 3.05) is 32.8 Å². The number of amides is 2. The fraction of sp³-hybridized carbons (Fsp3) is 0.350. The number of esters is 1. The molecule has 7 heteroatoms. The SMILES string of the molecule is Cc1ccc(C(=O)OCC(=O)N2CCN(C(=O)c3ccco3)CC2)c(C)c1. The number of hydrogen-bond donors (Lipinski definition) is 0. The van der Waals surface area contributed by atoms with E-state index < -0.39 is 5.97 Å². The minimum absolute atomic E-state index is 0.187. The molecule has 27 heavy (non-hydrogen) atoms. The first-order valence-electron chi connectivity index (χ1n) is 8.80. The van der Waals surface area contributed by atoms with Crippen LogP contribution in [-0.2, 0) is 9.53 Å². The molecule has 0 atom stereocenters. The summed E-state index contributed by atoms with van der Waals surface area (Å²) in [6, 6.07) is 8.72. The maximum atomic E-state index is 12.3. The van der Waals surface area contributed by atoms with Crippen molar-refractivity contribution in [3.8, 4) is 0 Å². The highest BCUT2D eigenvalue weighted by Crippen LogP contribution is 2.13. The number of aryl methyl sites for hydroxylation is 2. The van der Waals surface area contributed by atoms with Crippen LogP contribution in [0.4, 0.5) is 0 Å². The molecule has 2 aromatic rings. The van der Waals surface area contributed by atoms with Gasteiger partial charge in [-0.25, -0.2) is 4.79 Å². The second kappa shape index (κ2) is 8.07. The molecule has 0 unspecified atom stereocenters. The highest BCUT2D eigenvalue weighted by Gasteiger charge is 2.26. The molecule has 0 radical (unpaired) electrons. The molecule has 1 aromatic carbocycles. The number of piperazine rings is 1. The number of hydrogen-bond acceptors (Lipinski definition) is 5. The van der Waals surface area contributed by atoms with Crippen LogP contribution in [0.2, 0.25) is 0 Å². The average Bonchev–Trinajstić information content (AvgIpc) is 3.20. The van der Waals surface area contributed by atoms with Gasteiger partial charge < -0.3 is 19.0 Å². The minimum atomic E-state index is -0.507. The molecule has 0 saturated carbocycles. The van der Waals surface area contributed by atoms with E-state index in [1.807, 2.05) is 26.0 Å². The Balaban J connectivity index is 1.48. The summed E-state index contributed by atoms with van der Waals surface area (Å²) in [6.07, 6.45) is 1.46. The zero-order chi connectivity index (χ0) is 19.4. The van der Waals surface area contributed by atoms with Gasteiger partial charge in [0.1, 0.15) is 0 Å². The van der Waals surface area contributed by atoms with Gasteiger partial charge in [-0.05, 0) is 37.6 Å². The number of carbonyl (C=O) groups is 3. The van der Waals surface area contributed by atoms with E-state index in [0.717, 1.165) is 11.1 Å². The van der Waals surface area contributed by atoms with Crippen LogP contribution in [0, 0.1) is 13.8 Å². The maximum Gasteiger partial charge on any atom is 0.338 e. The molecule has 1 aliphatic rings. The van der Waals surface area contributed by atoms with Crippen LogP contribution in [0.1, 0.15) is 32.0 Å². The highest BCUT2D eigenvalue weighted by molar-refractivity contribution is 5.93. The lowest BCUT2D eigenvalue weighted by atomic mass is 10.1. The van der Waals surface area contributed by atoms with Crippen LogP contribution in [-0.4, -0.2) is 60.4 Å². The molecule has 2 heterocycles. The zero-order valence-corrected chi connectivity index (χ0v) is 15.4. The second-order valence-electron chi connectivity index (χ2n) is 6.54. The second-order valence-corrected chi connectivity index (χ2v) is 6.54. The molecule has 7 nitrogen and oxygen atoms in total. The Hall–Kier alpha value is -3.09. The predicted molar refractivity (Wildman–Crippen MR) is 97.4 cm³/mol. The third-order valence-corrected chi connectivity index (χ3v) is 4.58. The first-order valence-corrected chi connectivity index (χ1v) is 8.80. The van der Waals surface area contributed by atoms with E-state index in [1.54, 1.807) is 28.0 Å². The van der Waals surface area contributed by atoms with Gasteiger partial charge in [0.15, 0.2) is 12.4 Å². The molecule has 1 saturated heterocycles. The number of furan rings is 1. The number of rotatable bonds is 4. The molecule has 0 N–H and O–H groups in total. The molecule has 142 valence electrons. The number of benzene rings is 1. The molecule has 0 bridgehead atoms. The van der Waals surface area contributed by atoms with Crippen molar-refractivity contribution < 1.29 is 23.5 Å². The molecule has 1 aliphatic heterocycles. The number of carbonyl (C=O) groups excluding carboxylic acids is 3. The van der Waals surface area contributed by atoms with E-state index in [9.17, 15) is 14.4 Å². The van der Waals surface area contributed by atoms with E-state index in [4.69, 9.17) is 9.15 Å². The van der Waals surface area contributed by atoms with Crippen molar-refractivity contribution in [2.24, 2.45) is 0 Å². The third kappa shape index (κ3) is 4.36. The first-order chi connectivity index (χ1) is 13.0. The summed E-state index contributed by atoms with van der Waals surface area (Å²) in [7, 11) is 0. The van der Waals surface area contributed by atoms with E-state index in [2.05, 4.69) is 0 Å². The number of ether oxygens (including phenoxy) is 1. The van der Waals surface area contributed by atoms with Crippen LogP contribution in [0.25, 0.3) is 0 Å². The Morgan fingerprint density at radius 1 is 1.04 bits per heavy atom. The van der Waals surface area contributed by atoms with E-state index >= 15 is 0 Å². The molecule has 0 spiro atoms. The van der Waals surface area contributed by atoms with Gasteiger partial charge in [0.2, 0.25) is 0 Å². The Bertz CT molecular complexity index is 836. The standard InChI is InChI=1S/C20H22N2O5/c1-14-5-6-16(15(2)12-14)20(25)27-13-18(23)21-7-9-22(10-8-21)19(24)17-4-3-11-26-17/h3-6,11-12H,7-10,13H2,1-2H3. The number of nitrogens with zero attached hydrogens (tertiary/aromatic N) is 2. The summed E-state index contributed by atoms with van der Waals surface area (Å²) in [5.41, 5.74) is 2.34. The highest BCUT2D eigenvalue weighted by atomic mass is 16.5. The van der Waals surface area contributed by atoms with Crippen molar-refractivity contribution in [3.05, 3.63) is 59.0 Å². The van der Waals surface area contributed by atoms with Crippen molar-refractivity contribution in [1.29, 1.82) is 0 Å². The Labute approximate surface area is 157 Å². The van der Waals surface area contributed by atoms with Crippen molar-refractivity contribution >= 4 is 17.8 Å². The van der Waals surface area contributed by atoms with Crippen molar-refractivity contribution in [1.82, 2.24) is 9.80 Å². The Kier molecular flexibility index (Phi) is 5.59. The molecule has 3 rings (SSSR count). The smallest absolute Gasteiger partial charge is 0.338 e. The lowest BCUT2D eigenvalue weighted by Gasteiger charge is -2.34. The fourth-order valence-corrected chi connectivity index (χ4v) is 3.05. The monoisotopic (exact) mass is 370 g/mol. The topological polar surface area (TPSA) is 80.1 Å². The minimum Gasteiger partial charge on any atom is -0.459 e. The molecular formula is C20H22N2O5. The quantitative estimate of drug-likeness (QED) is 0.770. The van der Waals surface area contributed by atoms with E-state index in [-0.39, 0.29) is 24.2 Å². The van der Waals surface area contributed by atoms with Crippen LogP contribution < -0.4 is 0 Å². The van der Waals surface area contributed by atoms with E-state index in [0.29, 0.717) is 31.7 Å². The van der Waals surface area contributed by atoms with Crippen LogP contribution in [0.3, 0.4) is 0 Å². The average molecular weight is 370 g/mol. The summed E-state index contributed by atoms with van der Waals surface area (Å²) < 4.78 is 10.3. The maximum absolute atomic E-state index is 12.3. The van der Waals surface area contributed by atoms with Gasteiger partial charge in [0.25, 0.3) is 11.8 Å². The van der Waals surface area contributed by atoms with Crippen molar-refractivity contribution in [3.63, 3.8) is 0 Å². The summed E-state index contributed by atoms with van der Waals surface area (Å²) in [5, 5.41) is 0. The first kappa shape index (κ1) is 18.7. The van der Waals surface area contributed by atoms with Gasteiger partial charge in [-0.1, -0.05) is 17.7 Å². The summed E-state index contributed by atoms with van der Waals surface area (Å²) >= 11 is 0. The molecule has 2 amide bonds. The van der Waals surface area contributed by atoms with Crippen molar-refractivity contribution in [2.45, 2.75) is 13.8 Å². The van der Waals surface area contributed by atoms with Crippen LogP contribution in [0.15, 0.2) is 41.0 Å². The predicted octanol–water partition coefficient (Wildman–Crippen LogP) is 2.04. The van der Waals surface area contributed by atoms with Crippen LogP contribution in [0.5, 0.6) is 0 Å². The van der Waals surface area contributed by atoms with Gasteiger partial charge in [0, 0.05) is 26.2 Å². The lowest BCUT2D eigenvalue weighted by molar-refractivity contribution is -0.136. The lowest BCUT2D eigenvalue weighted by Crippen LogP contribution is -2.51. The molecule has 0 aliphatic carbocycles. The third-order valence-electron chi connectivity index (χ3n) is 4.58. The molecule has 1 aromatic heterocycles. The van der Waals surface area contributed by atoms with Crippen LogP contribution >= 0.6 is 0 Å². The van der Waals surface area contributed by atoms with Gasteiger partial charge in [-0.2, -0.15) is 0 Å². The van der Waals surface area contributed by atoms with E-state index in [1.165, 1.54) is 6.26 Å². The summed E-state index contributed by atoms with van der Waals surface area (Å²) in [4.78, 5) is 40.0. The van der Waals surface area contributed by atoms with Gasteiger partial charge in [0.05, 0.1) is 11.8 Å². The van der Waals surface area contributed by atoms with Gasteiger partial charge >= 0.3 is 5.97 Å². The Morgan fingerprint density at radius 2 is 1.74 bits per heavy atom. The summed E-state index contributed by atoms with van der Waals surface area (Å²) in [6.45, 7) is 5.09. The zero-order valence-electron chi connectivity index (χ0n) is 15.4. The molecule has 1 fully saturated rings. The van der Waals surface area contributed by atoms with Gasteiger partial charge in [-0.3, -0.25) is 9.59 Å². The fourth-order valence-electron chi connectivity index (χ4n) is 3.05. The largest absolute Gasteiger partial charge is 0.459 e. The normalized spacial score (nSPS) is 14.1. The molecular weight excluding hydrogens is 348 g/mol. The van der Waals surface area contributed by atoms with Gasteiger partial charge in [-0.15, -0.1) is 0 Å². The summed E-state index contributed by atoms with van der Waals surface area (Å²) in [5.74, 6) is -0.670. The Morgan fingerprint density at radius 3 is 2.37 bits per heavy atom.